The van der Waals surface area contributed by atoms with E-state index < -0.39 is 0 Å². The summed E-state index contributed by atoms with van der Waals surface area (Å²) in [5.41, 5.74) is 2.74. The van der Waals surface area contributed by atoms with Crippen molar-refractivity contribution in [1.29, 1.82) is 0 Å². The molecule has 1 aromatic heterocycles. The Hall–Kier alpha value is -2.46. The highest BCUT2D eigenvalue weighted by molar-refractivity contribution is 7.10. The summed E-state index contributed by atoms with van der Waals surface area (Å²) in [7, 11) is 0. The van der Waals surface area contributed by atoms with E-state index in [-0.39, 0.29) is 17.8 Å². The van der Waals surface area contributed by atoms with E-state index in [4.69, 9.17) is 0 Å². The van der Waals surface area contributed by atoms with Crippen LogP contribution in [0.4, 0.5) is 4.39 Å². The summed E-state index contributed by atoms with van der Waals surface area (Å²) >= 11 is 1.60. The SMILES string of the molecule is CCc1ccc([C@H](NC(=O)c2ccc(F)cc2)c2cccs2)cc1. The van der Waals surface area contributed by atoms with Crippen LogP contribution in [0.3, 0.4) is 0 Å². The number of halogens is 1. The van der Waals surface area contributed by atoms with Crippen molar-refractivity contribution in [2.75, 3.05) is 0 Å². The van der Waals surface area contributed by atoms with Gasteiger partial charge in [-0.1, -0.05) is 37.3 Å². The van der Waals surface area contributed by atoms with E-state index in [0.29, 0.717) is 5.56 Å². The average molecular weight is 339 g/mol. The van der Waals surface area contributed by atoms with Crippen molar-refractivity contribution < 1.29 is 9.18 Å². The van der Waals surface area contributed by atoms with Crippen molar-refractivity contribution in [2.24, 2.45) is 0 Å². The first-order valence-electron chi connectivity index (χ1n) is 7.86. The molecule has 1 heterocycles. The molecule has 1 atom stereocenters. The molecule has 2 aromatic carbocycles. The zero-order chi connectivity index (χ0) is 16.9. The molecule has 0 unspecified atom stereocenters. The summed E-state index contributed by atoms with van der Waals surface area (Å²) in [6.07, 6.45) is 0.978. The predicted octanol–water partition coefficient (Wildman–Crippen LogP) is 4.97. The normalized spacial score (nSPS) is 11.9. The summed E-state index contributed by atoms with van der Waals surface area (Å²) in [4.78, 5) is 13.6. The van der Waals surface area contributed by atoms with Crippen LogP contribution in [0.5, 0.6) is 0 Å². The van der Waals surface area contributed by atoms with Crippen LogP contribution in [0.15, 0.2) is 66.0 Å². The lowest BCUT2D eigenvalue weighted by molar-refractivity contribution is 0.0943. The molecule has 122 valence electrons. The van der Waals surface area contributed by atoms with Gasteiger partial charge in [-0.3, -0.25) is 4.79 Å². The minimum Gasteiger partial charge on any atom is -0.340 e. The molecule has 1 amide bonds. The van der Waals surface area contributed by atoms with E-state index in [2.05, 4.69) is 24.4 Å². The lowest BCUT2D eigenvalue weighted by Gasteiger charge is -2.18. The minimum absolute atomic E-state index is 0.214. The second-order valence-corrected chi connectivity index (χ2v) is 6.50. The third-order valence-corrected chi connectivity index (χ3v) is 4.87. The number of carbonyl (C=O) groups excluding carboxylic acids is 1. The van der Waals surface area contributed by atoms with E-state index in [1.807, 2.05) is 29.6 Å². The van der Waals surface area contributed by atoms with Gasteiger partial charge in [-0.15, -0.1) is 11.3 Å². The molecule has 24 heavy (non-hydrogen) atoms. The van der Waals surface area contributed by atoms with Gasteiger partial charge in [-0.25, -0.2) is 4.39 Å². The van der Waals surface area contributed by atoms with E-state index >= 15 is 0 Å². The number of hydrogen-bond donors (Lipinski definition) is 1. The quantitative estimate of drug-likeness (QED) is 0.699. The fourth-order valence-electron chi connectivity index (χ4n) is 2.54. The van der Waals surface area contributed by atoms with Gasteiger partial charge in [0.05, 0.1) is 6.04 Å². The van der Waals surface area contributed by atoms with Crippen LogP contribution in [-0.4, -0.2) is 5.91 Å². The van der Waals surface area contributed by atoms with Crippen molar-refractivity contribution in [1.82, 2.24) is 5.32 Å². The largest absolute Gasteiger partial charge is 0.340 e. The Balaban J connectivity index is 1.87. The van der Waals surface area contributed by atoms with Crippen LogP contribution in [0, 0.1) is 5.82 Å². The van der Waals surface area contributed by atoms with Crippen LogP contribution in [0.25, 0.3) is 0 Å². The second kappa shape index (κ2) is 7.41. The van der Waals surface area contributed by atoms with Gasteiger partial charge in [0.25, 0.3) is 5.91 Å². The fraction of sp³-hybridized carbons (Fsp3) is 0.150. The highest BCUT2D eigenvalue weighted by Crippen LogP contribution is 2.27. The number of aryl methyl sites for hydroxylation is 1. The maximum atomic E-state index is 13.0. The minimum atomic E-state index is -0.350. The molecule has 0 saturated carbocycles. The Morgan fingerprint density at radius 3 is 2.38 bits per heavy atom. The first kappa shape index (κ1) is 16.4. The van der Waals surface area contributed by atoms with Gasteiger partial charge in [0.2, 0.25) is 0 Å². The number of thiophene rings is 1. The van der Waals surface area contributed by atoms with E-state index in [0.717, 1.165) is 16.9 Å². The number of rotatable bonds is 5. The Bertz CT molecular complexity index is 795. The van der Waals surface area contributed by atoms with Gasteiger partial charge >= 0.3 is 0 Å². The van der Waals surface area contributed by atoms with Gasteiger partial charge in [0.1, 0.15) is 5.82 Å². The third kappa shape index (κ3) is 3.71. The van der Waals surface area contributed by atoms with Crippen molar-refractivity contribution in [3.63, 3.8) is 0 Å². The molecule has 0 radical (unpaired) electrons. The zero-order valence-electron chi connectivity index (χ0n) is 13.3. The molecular weight excluding hydrogens is 321 g/mol. The molecule has 0 aliphatic carbocycles. The van der Waals surface area contributed by atoms with Crippen molar-refractivity contribution in [3.05, 3.63) is 93.4 Å². The van der Waals surface area contributed by atoms with E-state index in [1.54, 1.807) is 11.3 Å². The maximum Gasteiger partial charge on any atom is 0.252 e. The molecule has 0 saturated heterocycles. The van der Waals surface area contributed by atoms with Gasteiger partial charge < -0.3 is 5.32 Å². The molecule has 2 nitrogen and oxygen atoms in total. The van der Waals surface area contributed by atoms with E-state index in [1.165, 1.54) is 29.8 Å². The van der Waals surface area contributed by atoms with Crippen molar-refractivity contribution in [2.45, 2.75) is 19.4 Å². The second-order valence-electron chi connectivity index (χ2n) is 5.52. The lowest BCUT2D eigenvalue weighted by Crippen LogP contribution is -2.28. The molecule has 1 N–H and O–H groups in total. The van der Waals surface area contributed by atoms with Gasteiger partial charge in [-0.2, -0.15) is 0 Å². The molecule has 4 heteroatoms. The molecular formula is C20H18FNOS. The molecule has 3 aromatic rings. The summed E-state index contributed by atoms with van der Waals surface area (Å²) in [6, 6.07) is 17.6. The summed E-state index contributed by atoms with van der Waals surface area (Å²) in [6.45, 7) is 2.11. The summed E-state index contributed by atoms with van der Waals surface area (Å²) in [5, 5.41) is 5.05. The Morgan fingerprint density at radius 1 is 1.08 bits per heavy atom. The van der Waals surface area contributed by atoms with Crippen molar-refractivity contribution in [3.8, 4) is 0 Å². The number of benzene rings is 2. The van der Waals surface area contributed by atoms with Crippen LogP contribution >= 0.6 is 11.3 Å². The number of nitrogens with one attached hydrogen (secondary N) is 1. The van der Waals surface area contributed by atoms with Gasteiger partial charge in [-0.05, 0) is 53.3 Å². The average Bonchev–Trinajstić information content (AvgIpc) is 3.14. The molecule has 0 spiro atoms. The number of carbonyl (C=O) groups is 1. The number of amides is 1. The smallest absolute Gasteiger partial charge is 0.252 e. The Kier molecular flexibility index (Phi) is 5.06. The van der Waals surface area contributed by atoms with E-state index in [9.17, 15) is 9.18 Å². The van der Waals surface area contributed by atoms with Gasteiger partial charge in [0, 0.05) is 10.4 Å². The molecule has 0 bridgehead atoms. The van der Waals surface area contributed by atoms with Crippen molar-refractivity contribution >= 4 is 17.2 Å². The van der Waals surface area contributed by atoms with Crippen LogP contribution in [-0.2, 0) is 6.42 Å². The first-order valence-corrected chi connectivity index (χ1v) is 8.74. The topological polar surface area (TPSA) is 29.1 Å². The standard InChI is InChI=1S/C20H18FNOS/c1-2-14-5-7-15(8-6-14)19(18-4-3-13-24-18)22-20(23)16-9-11-17(21)12-10-16/h3-13,19H,2H2,1H3,(H,22,23)/t19-/m0/s1. The first-order chi connectivity index (χ1) is 11.7. The molecule has 3 rings (SSSR count). The van der Waals surface area contributed by atoms with Crippen LogP contribution in [0.2, 0.25) is 0 Å². The van der Waals surface area contributed by atoms with Crippen LogP contribution < -0.4 is 5.32 Å². The van der Waals surface area contributed by atoms with Gasteiger partial charge in [0.15, 0.2) is 0 Å². The monoisotopic (exact) mass is 339 g/mol. The Labute approximate surface area is 145 Å². The highest BCUT2D eigenvalue weighted by Gasteiger charge is 2.18. The maximum absolute atomic E-state index is 13.0. The van der Waals surface area contributed by atoms with Crippen LogP contribution in [0.1, 0.15) is 39.3 Å². The molecule has 0 aliphatic heterocycles. The summed E-state index contributed by atoms with van der Waals surface area (Å²) in [5.74, 6) is -0.565. The zero-order valence-corrected chi connectivity index (χ0v) is 14.1. The lowest BCUT2D eigenvalue weighted by atomic mass is 10.0. The predicted molar refractivity (Wildman–Crippen MR) is 95.8 cm³/mol. The highest BCUT2D eigenvalue weighted by atomic mass is 32.1. The summed E-state index contributed by atoms with van der Waals surface area (Å²) < 4.78 is 13.0. The molecule has 0 fully saturated rings. The fourth-order valence-corrected chi connectivity index (χ4v) is 3.34. The number of hydrogen-bond acceptors (Lipinski definition) is 2. The molecule has 0 aliphatic rings. The Morgan fingerprint density at radius 2 is 1.79 bits per heavy atom. The third-order valence-electron chi connectivity index (χ3n) is 3.93.